The number of para-hydroxylation sites is 1. The van der Waals surface area contributed by atoms with Crippen LogP contribution >= 0.6 is 0 Å². The number of benzene rings is 1. The first-order valence-electron chi connectivity index (χ1n) is 9.44. The van der Waals surface area contributed by atoms with Crippen LogP contribution < -0.4 is 10.9 Å². The molecule has 4 rings (SSSR count). The van der Waals surface area contributed by atoms with Gasteiger partial charge in [-0.15, -0.1) is 10.2 Å². The van der Waals surface area contributed by atoms with Crippen LogP contribution in [-0.2, 0) is 6.42 Å². The van der Waals surface area contributed by atoms with E-state index in [-0.39, 0.29) is 0 Å². The molecule has 0 aliphatic carbocycles. The summed E-state index contributed by atoms with van der Waals surface area (Å²) in [5.41, 5.74) is 7.75. The fourth-order valence-electron chi connectivity index (χ4n) is 4.03. The minimum atomic E-state index is 0.571. The van der Waals surface area contributed by atoms with E-state index in [2.05, 4.69) is 61.7 Å². The fourth-order valence-corrected chi connectivity index (χ4v) is 4.03. The minimum Gasteiger partial charge on any atom is -0.303 e. The van der Waals surface area contributed by atoms with Crippen molar-refractivity contribution < 1.29 is 0 Å². The van der Waals surface area contributed by atoms with Gasteiger partial charge in [-0.3, -0.25) is 15.4 Å². The maximum absolute atomic E-state index is 4.38. The largest absolute Gasteiger partial charge is 0.303 e. The van der Waals surface area contributed by atoms with Gasteiger partial charge in [-0.05, 0) is 50.9 Å². The number of rotatable bonds is 5. The molecule has 2 aliphatic heterocycles. The molecule has 0 radical (unpaired) electrons. The molecule has 0 amide bonds. The lowest BCUT2D eigenvalue weighted by Gasteiger charge is -2.33. The van der Waals surface area contributed by atoms with Gasteiger partial charge in [-0.2, -0.15) is 0 Å². The van der Waals surface area contributed by atoms with Gasteiger partial charge in [0.25, 0.3) is 0 Å². The van der Waals surface area contributed by atoms with Crippen molar-refractivity contribution in [1.82, 2.24) is 30.5 Å². The first-order chi connectivity index (χ1) is 12.3. The Labute approximate surface area is 149 Å². The van der Waals surface area contributed by atoms with Crippen LogP contribution in [0.4, 0.5) is 0 Å². The van der Waals surface area contributed by atoms with Crippen molar-refractivity contribution in [1.29, 1.82) is 0 Å². The molecule has 2 N–H and O–H groups in total. The quantitative estimate of drug-likeness (QED) is 0.866. The van der Waals surface area contributed by atoms with E-state index in [1.54, 1.807) is 0 Å². The summed E-state index contributed by atoms with van der Waals surface area (Å²) in [5, 5.41) is 8.53. The van der Waals surface area contributed by atoms with Crippen LogP contribution in [0.5, 0.6) is 0 Å². The van der Waals surface area contributed by atoms with Crippen molar-refractivity contribution >= 4 is 0 Å². The van der Waals surface area contributed by atoms with Crippen LogP contribution in [0.25, 0.3) is 5.69 Å². The van der Waals surface area contributed by atoms with Crippen molar-refractivity contribution in [2.75, 3.05) is 26.2 Å². The number of nitrogens with zero attached hydrogens (tertiary/aromatic N) is 4. The maximum atomic E-state index is 4.38. The average molecular weight is 340 g/mol. The Kier molecular flexibility index (Phi) is 5.10. The van der Waals surface area contributed by atoms with Gasteiger partial charge in [-0.1, -0.05) is 18.2 Å². The summed E-state index contributed by atoms with van der Waals surface area (Å²) in [6.45, 7) is 6.96. The number of hydrazine groups is 1. The topological polar surface area (TPSA) is 58.0 Å². The lowest BCUT2D eigenvalue weighted by molar-refractivity contribution is 0.158. The van der Waals surface area contributed by atoms with E-state index in [1.165, 1.54) is 32.5 Å². The van der Waals surface area contributed by atoms with Crippen LogP contribution in [0.2, 0.25) is 0 Å². The second kappa shape index (κ2) is 7.64. The monoisotopic (exact) mass is 340 g/mol. The van der Waals surface area contributed by atoms with Crippen LogP contribution in [-0.4, -0.2) is 51.9 Å². The first kappa shape index (κ1) is 16.7. The molecular formula is C19H28N6. The molecule has 25 heavy (non-hydrogen) atoms. The molecule has 0 spiro atoms. The number of nitrogens with one attached hydrogen (secondary N) is 2. The van der Waals surface area contributed by atoms with Gasteiger partial charge in [0.15, 0.2) is 0 Å². The first-order valence-corrected chi connectivity index (χ1v) is 9.44. The molecule has 6 nitrogen and oxygen atoms in total. The summed E-state index contributed by atoms with van der Waals surface area (Å²) in [6.07, 6.45) is 5.36. The number of aromatic nitrogens is 3. The molecule has 6 heteroatoms. The van der Waals surface area contributed by atoms with Crippen molar-refractivity contribution in [3.8, 4) is 5.69 Å². The predicted octanol–water partition coefficient (Wildman–Crippen LogP) is 1.63. The number of likely N-dealkylation sites (tertiary alicyclic amines) is 1. The number of piperidine rings is 1. The summed E-state index contributed by atoms with van der Waals surface area (Å²) >= 11 is 0. The van der Waals surface area contributed by atoms with E-state index < -0.39 is 0 Å². The van der Waals surface area contributed by atoms with Gasteiger partial charge in [0, 0.05) is 37.2 Å². The normalized spacial score (nSPS) is 25.5. The molecule has 2 aromatic rings. The SMILES string of the molecule is CC1NNCC1CN1CCC(Cc2nncn2-c2ccccc2)CC1. The van der Waals surface area contributed by atoms with Gasteiger partial charge in [0.05, 0.1) is 0 Å². The third-order valence-electron chi connectivity index (χ3n) is 5.72. The van der Waals surface area contributed by atoms with E-state index >= 15 is 0 Å². The Morgan fingerprint density at radius 3 is 2.68 bits per heavy atom. The van der Waals surface area contributed by atoms with Crippen LogP contribution in [0, 0.1) is 11.8 Å². The molecule has 0 bridgehead atoms. The molecule has 1 aromatic carbocycles. The fraction of sp³-hybridized carbons (Fsp3) is 0.579. The zero-order valence-corrected chi connectivity index (χ0v) is 14.9. The van der Waals surface area contributed by atoms with E-state index in [4.69, 9.17) is 0 Å². The zero-order chi connectivity index (χ0) is 17.1. The number of hydrogen-bond donors (Lipinski definition) is 2. The Bertz CT molecular complexity index is 662. The summed E-state index contributed by atoms with van der Waals surface area (Å²) in [6, 6.07) is 11.0. The van der Waals surface area contributed by atoms with E-state index in [0.29, 0.717) is 12.0 Å². The molecule has 2 fully saturated rings. The molecule has 2 atom stereocenters. The van der Waals surface area contributed by atoms with Crippen molar-refractivity contribution in [3.63, 3.8) is 0 Å². The van der Waals surface area contributed by atoms with E-state index in [9.17, 15) is 0 Å². The van der Waals surface area contributed by atoms with Gasteiger partial charge < -0.3 is 4.90 Å². The Balaban J connectivity index is 1.31. The summed E-state index contributed by atoms with van der Waals surface area (Å²) in [7, 11) is 0. The highest BCUT2D eigenvalue weighted by molar-refractivity contribution is 5.32. The molecular weight excluding hydrogens is 312 g/mol. The predicted molar refractivity (Wildman–Crippen MR) is 98.3 cm³/mol. The molecule has 1 aromatic heterocycles. The van der Waals surface area contributed by atoms with Gasteiger partial charge >= 0.3 is 0 Å². The smallest absolute Gasteiger partial charge is 0.137 e. The highest BCUT2D eigenvalue weighted by Gasteiger charge is 2.27. The Hall–Kier alpha value is -1.76. The molecule has 134 valence electrons. The van der Waals surface area contributed by atoms with Crippen molar-refractivity contribution in [2.45, 2.75) is 32.2 Å². The van der Waals surface area contributed by atoms with Crippen LogP contribution in [0.1, 0.15) is 25.6 Å². The molecule has 0 saturated carbocycles. The summed E-state index contributed by atoms with van der Waals surface area (Å²) in [5.74, 6) is 2.51. The Morgan fingerprint density at radius 2 is 1.96 bits per heavy atom. The third-order valence-corrected chi connectivity index (χ3v) is 5.72. The lowest BCUT2D eigenvalue weighted by Crippen LogP contribution is -2.40. The third kappa shape index (κ3) is 3.92. The second-order valence-corrected chi connectivity index (χ2v) is 7.47. The van der Waals surface area contributed by atoms with Crippen LogP contribution in [0.15, 0.2) is 36.7 Å². The highest BCUT2D eigenvalue weighted by Crippen LogP contribution is 2.23. The molecule has 2 unspecified atom stereocenters. The summed E-state index contributed by atoms with van der Waals surface area (Å²) in [4.78, 5) is 2.63. The van der Waals surface area contributed by atoms with Crippen molar-refractivity contribution in [3.05, 3.63) is 42.5 Å². The van der Waals surface area contributed by atoms with Crippen molar-refractivity contribution in [2.24, 2.45) is 11.8 Å². The minimum absolute atomic E-state index is 0.571. The zero-order valence-electron chi connectivity index (χ0n) is 14.9. The lowest BCUT2D eigenvalue weighted by atomic mass is 9.92. The summed E-state index contributed by atoms with van der Waals surface area (Å²) < 4.78 is 2.13. The molecule has 3 heterocycles. The van der Waals surface area contributed by atoms with Crippen LogP contribution in [0.3, 0.4) is 0 Å². The van der Waals surface area contributed by atoms with E-state index in [1.807, 2.05) is 12.4 Å². The molecule has 2 aliphatic rings. The number of hydrogen-bond acceptors (Lipinski definition) is 5. The Morgan fingerprint density at radius 1 is 1.16 bits per heavy atom. The second-order valence-electron chi connectivity index (χ2n) is 7.47. The maximum Gasteiger partial charge on any atom is 0.137 e. The van der Waals surface area contributed by atoms with E-state index in [0.717, 1.165) is 30.4 Å². The average Bonchev–Trinajstić information content (AvgIpc) is 3.27. The molecule has 2 saturated heterocycles. The highest BCUT2D eigenvalue weighted by atomic mass is 15.4. The van der Waals surface area contributed by atoms with Gasteiger partial charge in [0.1, 0.15) is 12.2 Å². The standard InChI is InChI=1S/C19H28N6/c1-15-17(12-20-22-15)13-24-9-7-16(8-10-24)11-19-23-21-14-25(19)18-5-3-2-4-6-18/h2-6,14-17,20,22H,7-13H2,1H3. The van der Waals surface area contributed by atoms with Gasteiger partial charge in [0.2, 0.25) is 0 Å². The van der Waals surface area contributed by atoms with Gasteiger partial charge in [-0.25, -0.2) is 0 Å².